The maximum absolute atomic E-state index is 11.8. The number of hydrogen-bond donors (Lipinski definition) is 0. The highest BCUT2D eigenvalue weighted by Gasteiger charge is 2.25. The van der Waals surface area contributed by atoms with Crippen LogP contribution in [0.5, 0.6) is 11.5 Å². The lowest BCUT2D eigenvalue weighted by atomic mass is 10.1. The van der Waals surface area contributed by atoms with E-state index in [0.29, 0.717) is 6.42 Å². The lowest BCUT2D eigenvalue weighted by Gasteiger charge is -2.21. The van der Waals surface area contributed by atoms with Crippen LogP contribution in [0.15, 0.2) is 28.5 Å². The summed E-state index contributed by atoms with van der Waals surface area (Å²) in [6.45, 7) is 2.38. The second kappa shape index (κ2) is 5.51. The highest BCUT2D eigenvalue weighted by atomic mass is 32.2. The number of fused-ring (bicyclic) bond motifs is 1. The van der Waals surface area contributed by atoms with Crippen molar-refractivity contribution in [2.45, 2.75) is 18.6 Å². The van der Waals surface area contributed by atoms with Gasteiger partial charge in [0.15, 0.2) is 17.3 Å². The molecule has 0 aromatic heterocycles. The number of thioether (sulfide) groups is 2. The van der Waals surface area contributed by atoms with Gasteiger partial charge in [-0.15, -0.1) is 23.5 Å². The van der Waals surface area contributed by atoms with Gasteiger partial charge in [0.1, 0.15) is 0 Å². The Morgan fingerprint density at radius 1 is 1.37 bits per heavy atom. The lowest BCUT2D eigenvalue weighted by molar-refractivity contribution is -0.114. The number of ketones is 1. The smallest absolute Gasteiger partial charge is 0.231 e. The van der Waals surface area contributed by atoms with E-state index in [9.17, 15) is 4.79 Å². The number of carbonyl (C=O) groups excluding carboxylic acids is 1. The van der Waals surface area contributed by atoms with Crippen LogP contribution in [-0.2, 0) is 4.79 Å². The third-order valence-electron chi connectivity index (χ3n) is 2.98. The zero-order valence-corrected chi connectivity index (χ0v) is 12.2. The van der Waals surface area contributed by atoms with E-state index in [4.69, 9.17) is 9.47 Å². The molecule has 0 aliphatic carbocycles. The van der Waals surface area contributed by atoms with Gasteiger partial charge in [-0.2, -0.15) is 0 Å². The predicted octanol–water partition coefficient (Wildman–Crippen LogP) is 3.76. The molecule has 2 aliphatic rings. The molecule has 2 aliphatic heterocycles. The predicted molar refractivity (Wildman–Crippen MR) is 78.7 cm³/mol. The van der Waals surface area contributed by atoms with E-state index in [0.717, 1.165) is 27.1 Å². The molecule has 0 radical (unpaired) electrons. The van der Waals surface area contributed by atoms with Gasteiger partial charge in [-0.25, -0.2) is 0 Å². The summed E-state index contributed by atoms with van der Waals surface area (Å²) < 4.78 is 11.8. The summed E-state index contributed by atoms with van der Waals surface area (Å²) in [4.78, 5) is 11.8. The molecule has 2 heterocycles. The minimum Gasteiger partial charge on any atom is -0.454 e. The first-order chi connectivity index (χ1) is 9.26. The number of benzene rings is 1. The molecule has 3 rings (SSSR count). The Morgan fingerprint density at radius 3 is 3.05 bits per heavy atom. The van der Waals surface area contributed by atoms with E-state index in [-0.39, 0.29) is 17.8 Å². The monoisotopic (exact) mass is 294 g/mol. The highest BCUT2D eigenvalue weighted by molar-refractivity contribution is 8.22. The van der Waals surface area contributed by atoms with E-state index in [2.05, 4.69) is 6.92 Å². The first kappa shape index (κ1) is 12.9. The van der Waals surface area contributed by atoms with E-state index < -0.39 is 0 Å². The highest BCUT2D eigenvalue weighted by Crippen LogP contribution is 2.47. The second-order valence-corrected chi connectivity index (χ2v) is 7.09. The molecule has 0 bridgehead atoms. The molecular formula is C14H14O3S2. The van der Waals surface area contributed by atoms with Crippen LogP contribution < -0.4 is 9.47 Å². The average molecular weight is 294 g/mol. The van der Waals surface area contributed by atoms with Crippen molar-refractivity contribution in [1.82, 2.24) is 0 Å². The number of hydrogen-bond acceptors (Lipinski definition) is 5. The van der Waals surface area contributed by atoms with E-state index in [1.54, 1.807) is 29.6 Å². The van der Waals surface area contributed by atoms with Crippen LogP contribution in [-0.4, -0.2) is 18.3 Å². The van der Waals surface area contributed by atoms with E-state index in [1.165, 1.54) is 0 Å². The van der Waals surface area contributed by atoms with Gasteiger partial charge >= 0.3 is 0 Å². The summed E-state index contributed by atoms with van der Waals surface area (Å²) in [6.07, 6.45) is 2.32. The van der Waals surface area contributed by atoms with Crippen molar-refractivity contribution in [2.24, 2.45) is 0 Å². The Kier molecular flexibility index (Phi) is 3.75. The largest absolute Gasteiger partial charge is 0.454 e. The van der Waals surface area contributed by atoms with Crippen molar-refractivity contribution >= 4 is 29.3 Å². The van der Waals surface area contributed by atoms with E-state index in [1.807, 2.05) is 18.2 Å². The molecule has 0 saturated heterocycles. The molecule has 0 saturated carbocycles. The molecule has 1 aromatic rings. The molecule has 0 spiro atoms. The van der Waals surface area contributed by atoms with Crippen molar-refractivity contribution in [2.75, 3.05) is 12.5 Å². The topological polar surface area (TPSA) is 35.5 Å². The van der Waals surface area contributed by atoms with Gasteiger partial charge in [0.2, 0.25) is 6.79 Å². The average Bonchev–Trinajstić information content (AvgIpc) is 2.85. The van der Waals surface area contributed by atoms with Gasteiger partial charge in [-0.1, -0.05) is 13.0 Å². The molecule has 1 atom stereocenters. The standard InChI is InChI=1S/C14H14O3S2/c1-2-18-14-7-10(15)6-13(19-14)9-3-4-11-12(5-9)17-8-16-11/h3-5,7,13H,2,6,8H2,1H3/t13-/m0/s1. The van der Waals surface area contributed by atoms with Crippen LogP contribution in [0.3, 0.4) is 0 Å². The van der Waals surface area contributed by atoms with Gasteiger partial charge < -0.3 is 9.47 Å². The minimum atomic E-state index is 0.182. The van der Waals surface area contributed by atoms with E-state index >= 15 is 0 Å². The van der Waals surface area contributed by atoms with Gasteiger partial charge in [-0.3, -0.25) is 4.79 Å². The fourth-order valence-corrected chi connectivity index (χ4v) is 4.59. The third-order valence-corrected chi connectivity index (χ3v) is 5.39. The number of rotatable bonds is 3. The lowest BCUT2D eigenvalue weighted by Crippen LogP contribution is -2.07. The quantitative estimate of drug-likeness (QED) is 0.848. The van der Waals surface area contributed by atoms with Gasteiger partial charge in [0.05, 0.1) is 0 Å². The molecule has 5 heteroatoms. The Hall–Kier alpha value is -1.07. The van der Waals surface area contributed by atoms with Gasteiger partial charge in [0, 0.05) is 22.0 Å². The van der Waals surface area contributed by atoms with Crippen LogP contribution >= 0.6 is 23.5 Å². The fourth-order valence-electron chi connectivity index (χ4n) is 2.11. The molecule has 3 nitrogen and oxygen atoms in total. The van der Waals surface area contributed by atoms with Crippen molar-refractivity contribution in [3.8, 4) is 11.5 Å². The van der Waals surface area contributed by atoms with Crippen LogP contribution in [0.2, 0.25) is 0 Å². The van der Waals surface area contributed by atoms with Crippen molar-refractivity contribution in [3.05, 3.63) is 34.1 Å². The third kappa shape index (κ3) is 2.77. The molecule has 0 unspecified atom stereocenters. The molecule has 100 valence electrons. The Bertz CT molecular complexity index is 539. The van der Waals surface area contributed by atoms with Gasteiger partial charge in [-0.05, 0) is 23.4 Å². The number of carbonyl (C=O) groups is 1. The molecule has 0 amide bonds. The summed E-state index contributed by atoms with van der Waals surface area (Å²) in [7, 11) is 0. The van der Waals surface area contributed by atoms with Crippen molar-refractivity contribution in [1.29, 1.82) is 0 Å². The molecule has 0 N–H and O–H groups in total. The molecule has 1 aromatic carbocycles. The first-order valence-corrected chi connectivity index (χ1v) is 8.06. The van der Waals surface area contributed by atoms with Crippen LogP contribution in [0.4, 0.5) is 0 Å². The Morgan fingerprint density at radius 2 is 2.21 bits per heavy atom. The first-order valence-electron chi connectivity index (χ1n) is 6.20. The van der Waals surface area contributed by atoms with Crippen LogP contribution in [0.25, 0.3) is 0 Å². The normalized spacial score (nSPS) is 21.4. The maximum atomic E-state index is 11.8. The zero-order valence-electron chi connectivity index (χ0n) is 10.5. The summed E-state index contributed by atoms with van der Waals surface area (Å²) in [5, 5.41) is 0.182. The Labute approximate surface area is 120 Å². The minimum absolute atomic E-state index is 0.182. The summed E-state index contributed by atoms with van der Waals surface area (Å²) in [5.41, 5.74) is 1.13. The van der Waals surface area contributed by atoms with Crippen molar-refractivity contribution < 1.29 is 14.3 Å². The van der Waals surface area contributed by atoms with Crippen LogP contribution in [0.1, 0.15) is 24.2 Å². The fraction of sp³-hybridized carbons (Fsp3) is 0.357. The number of allylic oxidation sites excluding steroid dienone is 1. The molecule has 0 fully saturated rings. The molecule has 19 heavy (non-hydrogen) atoms. The van der Waals surface area contributed by atoms with Gasteiger partial charge in [0.25, 0.3) is 0 Å². The summed E-state index contributed by atoms with van der Waals surface area (Å²) >= 11 is 3.49. The van der Waals surface area contributed by atoms with Crippen LogP contribution in [0, 0.1) is 0 Å². The summed E-state index contributed by atoms with van der Waals surface area (Å²) in [5.74, 6) is 2.76. The summed E-state index contributed by atoms with van der Waals surface area (Å²) in [6, 6.07) is 5.94. The molecular weight excluding hydrogens is 280 g/mol. The zero-order chi connectivity index (χ0) is 13.2. The number of ether oxygens (including phenoxy) is 2. The SMILES string of the molecule is CCSC1=CC(=O)C[C@@H](c2ccc3c(c2)OCO3)S1. The maximum Gasteiger partial charge on any atom is 0.231 e. The van der Waals surface area contributed by atoms with Crippen molar-refractivity contribution in [3.63, 3.8) is 0 Å². The second-order valence-electron chi connectivity index (χ2n) is 4.29. The Balaban J connectivity index is 1.83.